The van der Waals surface area contributed by atoms with Crippen molar-refractivity contribution >= 4 is 5.91 Å². The van der Waals surface area contributed by atoms with Crippen LogP contribution in [0, 0.1) is 0 Å². The van der Waals surface area contributed by atoms with Crippen molar-refractivity contribution < 1.29 is 14.3 Å². The number of nitrogens with zero attached hydrogens (tertiary/aromatic N) is 1. The molecule has 1 aromatic carbocycles. The van der Waals surface area contributed by atoms with Gasteiger partial charge in [-0.1, -0.05) is 0 Å². The highest BCUT2D eigenvalue weighted by atomic mass is 16.5. The van der Waals surface area contributed by atoms with Gasteiger partial charge in [0.2, 0.25) is 5.91 Å². The minimum Gasteiger partial charge on any atom is -0.494 e. The van der Waals surface area contributed by atoms with Crippen LogP contribution in [0.3, 0.4) is 0 Å². The van der Waals surface area contributed by atoms with Gasteiger partial charge in [0, 0.05) is 19.6 Å². The zero-order valence-corrected chi connectivity index (χ0v) is 11.2. The van der Waals surface area contributed by atoms with Crippen LogP contribution < -0.4 is 14.8 Å². The van der Waals surface area contributed by atoms with Crippen molar-refractivity contribution in [2.24, 2.45) is 0 Å². The van der Waals surface area contributed by atoms with E-state index >= 15 is 0 Å². The molecule has 2 rings (SSSR count). The highest BCUT2D eigenvalue weighted by Crippen LogP contribution is 2.17. The Morgan fingerprint density at radius 3 is 2.53 bits per heavy atom. The van der Waals surface area contributed by atoms with Crippen molar-refractivity contribution in [2.45, 2.75) is 6.92 Å². The van der Waals surface area contributed by atoms with E-state index in [4.69, 9.17) is 9.47 Å². The summed E-state index contributed by atoms with van der Waals surface area (Å²) in [6, 6.07) is 7.59. The van der Waals surface area contributed by atoms with Gasteiger partial charge in [-0.05, 0) is 31.2 Å². The molecule has 0 saturated carbocycles. The van der Waals surface area contributed by atoms with Crippen LogP contribution in [0.4, 0.5) is 0 Å². The summed E-state index contributed by atoms with van der Waals surface area (Å²) in [5.74, 6) is 1.76. The molecule has 1 heterocycles. The summed E-state index contributed by atoms with van der Waals surface area (Å²) in [7, 11) is 0. The van der Waals surface area contributed by atoms with Crippen LogP contribution in [-0.4, -0.2) is 50.2 Å². The van der Waals surface area contributed by atoms with E-state index in [-0.39, 0.29) is 5.91 Å². The number of amides is 1. The van der Waals surface area contributed by atoms with E-state index < -0.39 is 0 Å². The SMILES string of the molecule is CCOc1ccc(OCCN2CCNC(=O)C2)cc1. The van der Waals surface area contributed by atoms with Gasteiger partial charge in [-0.3, -0.25) is 9.69 Å². The fourth-order valence-electron chi connectivity index (χ4n) is 1.97. The minimum atomic E-state index is 0.0901. The largest absolute Gasteiger partial charge is 0.494 e. The number of hydrogen-bond donors (Lipinski definition) is 1. The van der Waals surface area contributed by atoms with Crippen LogP contribution in [0.5, 0.6) is 11.5 Å². The van der Waals surface area contributed by atoms with Gasteiger partial charge in [-0.2, -0.15) is 0 Å². The summed E-state index contributed by atoms with van der Waals surface area (Å²) >= 11 is 0. The highest BCUT2D eigenvalue weighted by molar-refractivity contribution is 5.78. The Bertz CT molecular complexity index is 406. The van der Waals surface area contributed by atoms with Crippen molar-refractivity contribution in [3.05, 3.63) is 24.3 Å². The van der Waals surface area contributed by atoms with E-state index in [1.54, 1.807) is 0 Å². The lowest BCUT2D eigenvalue weighted by Gasteiger charge is -2.26. The number of hydrogen-bond acceptors (Lipinski definition) is 4. The van der Waals surface area contributed by atoms with E-state index in [9.17, 15) is 4.79 Å². The van der Waals surface area contributed by atoms with Gasteiger partial charge in [-0.15, -0.1) is 0 Å². The maximum Gasteiger partial charge on any atom is 0.234 e. The molecule has 0 bridgehead atoms. The smallest absolute Gasteiger partial charge is 0.234 e. The number of nitrogens with one attached hydrogen (secondary N) is 1. The number of carbonyl (C=O) groups excluding carboxylic acids is 1. The molecule has 1 fully saturated rings. The fraction of sp³-hybridized carbons (Fsp3) is 0.500. The molecular formula is C14H20N2O3. The van der Waals surface area contributed by atoms with Crippen LogP contribution >= 0.6 is 0 Å². The van der Waals surface area contributed by atoms with E-state index in [1.165, 1.54) is 0 Å². The molecule has 0 atom stereocenters. The second-order valence-corrected chi connectivity index (χ2v) is 4.38. The first-order valence-corrected chi connectivity index (χ1v) is 6.62. The zero-order chi connectivity index (χ0) is 13.5. The Hall–Kier alpha value is -1.75. The summed E-state index contributed by atoms with van der Waals surface area (Å²) in [4.78, 5) is 13.3. The van der Waals surface area contributed by atoms with Crippen LogP contribution in [0.2, 0.25) is 0 Å². The van der Waals surface area contributed by atoms with Crippen molar-refractivity contribution in [2.75, 3.05) is 39.4 Å². The first-order chi connectivity index (χ1) is 9.28. The molecule has 0 aliphatic carbocycles. The Morgan fingerprint density at radius 1 is 1.21 bits per heavy atom. The Kier molecular flexibility index (Phi) is 5.03. The number of benzene rings is 1. The lowest BCUT2D eigenvalue weighted by molar-refractivity contribution is -0.124. The number of piperazine rings is 1. The van der Waals surface area contributed by atoms with Crippen molar-refractivity contribution in [1.82, 2.24) is 10.2 Å². The molecule has 0 radical (unpaired) electrons. The third-order valence-corrected chi connectivity index (χ3v) is 2.93. The van der Waals surface area contributed by atoms with Crippen LogP contribution in [0.15, 0.2) is 24.3 Å². The molecule has 0 unspecified atom stereocenters. The molecule has 104 valence electrons. The van der Waals surface area contributed by atoms with Crippen LogP contribution in [-0.2, 0) is 4.79 Å². The average molecular weight is 264 g/mol. The molecule has 1 saturated heterocycles. The first kappa shape index (κ1) is 13.7. The summed E-state index contributed by atoms with van der Waals surface area (Å²) in [6.07, 6.45) is 0. The maximum atomic E-state index is 11.2. The van der Waals surface area contributed by atoms with E-state index in [0.717, 1.165) is 31.1 Å². The predicted octanol–water partition coefficient (Wildman–Crippen LogP) is 0.896. The van der Waals surface area contributed by atoms with E-state index in [1.807, 2.05) is 31.2 Å². The third-order valence-electron chi connectivity index (χ3n) is 2.93. The zero-order valence-electron chi connectivity index (χ0n) is 11.2. The second-order valence-electron chi connectivity index (χ2n) is 4.38. The van der Waals surface area contributed by atoms with Crippen molar-refractivity contribution in [3.63, 3.8) is 0 Å². The van der Waals surface area contributed by atoms with Crippen LogP contribution in [0.25, 0.3) is 0 Å². The third kappa shape index (κ3) is 4.44. The molecule has 0 aromatic heterocycles. The molecule has 1 aliphatic heterocycles. The molecule has 1 aromatic rings. The Labute approximate surface area is 113 Å². The van der Waals surface area contributed by atoms with E-state index in [2.05, 4.69) is 10.2 Å². The Morgan fingerprint density at radius 2 is 1.89 bits per heavy atom. The molecular weight excluding hydrogens is 244 g/mol. The maximum absolute atomic E-state index is 11.2. The predicted molar refractivity (Wildman–Crippen MR) is 72.6 cm³/mol. The van der Waals surface area contributed by atoms with Gasteiger partial charge in [-0.25, -0.2) is 0 Å². The van der Waals surface area contributed by atoms with Crippen molar-refractivity contribution in [3.8, 4) is 11.5 Å². The van der Waals surface area contributed by atoms with Gasteiger partial charge in [0.25, 0.3) is 0 Å². The lowest BCUT2D eigenvalue weighted by Crippen LogP contribution is -2.48. The molecule has 5 heteroatoms. The monoisotopic (exact) mass is 264 g/mol. The molecule has 0 spiro atoms. The molecule has 1 aliphatic rings. The second kappa shape index (κ2) is 6.99. The number of rotatable bonds is 6. The first-order valence-electron chi connectivity index (χ1n) is 6.62. The van der Waals surface area contributed by atoms with Gasteiger partial charge >= 0.3 is 0 Å². The van der Waals surface area contributed by atoms with Gasteiger partial charge in [0.15, 0.2) is 0 Å². The summed E-state index contributed by atoms with van der Waals surface area (Å²) < 4.78 is 11.0. The quantitative estimate of drug-likeness (QED) is 0.829. The number of carbonyl (C=O) groups is 1. The standard InChI is InChI=1S/C14H20N2O3/c1-2-18-12-3-5-13(6-4-12)19-10-9-16-8-7-15-14(17)11-16/h3-6H,2,7-11H2,1H3,(H,15,17). The molecule has 1 amide bonds. The van der Waals surface area contributed by atoms with Crippen molar-refractivity contribution in [1.29, 1.82) is 0 Å². The molecule has 1 N–H and O–H groups in total. The normalized spacial score (nSPS) is 15.9. The van der Waals surface area contributed by atoms with E-state index in [0.29, 0.717) is 19.8 Å². The summed E-state index contributed by atoms with van der Waals surface area (Å²) in [6.45, 7) is 6.05. The number of ether oxygens (including phenoxy) is 2. The Balaban J connectivity index is 1.71. The molecule has 5 nitrogen and oxygen atoms in total. The average Bonchev–Trinajstić information content (AvgIpc) is 2.41. The lowest BCUT2D eigenvalue weighted by atomic mass is 10.3. The fourth-order valence-corrected chi connectivity index (χ4v) is 1.97. The summed E-state index contributed by atoms with van der Waals surface area (Å²) in [5.41, 5.74) is 0. The van der Waals surface area contributed by atoms with Gasteiger partial charge < -0.3 is 14.8 Å². The van der Waals surface area contributed by atoms with Crippen LogP contribution in [0.1, 0.15) is 6.92 Å². The van der Waals surface area contributed by atoms with Gasteiger partial charge in [0.1, 0.15) is 18.1 Å². The summed E-state index contributed by atoms with van der Waals surface area (Å²) in [5, 5.41) is 2.80. The highest BCUT2D eigenvalue weighted by Gasteiger charge is 2.15. The molecule has 19 heavy (non-hydrogen) atoms. The topological polar surface area (TPSA) is 50.8 Å². The van der Waals surface area contributed by atoms with Gasteiger partial charge in [0.05, 0.1) is 13.2 Å². The minimum absolute atomic E-state index is 0.0901.